The quantitative estimate of drug-likeness (QED) is 0.496. The van der Waals surface area contributed by atoms with Crippen LogP contribution in [0.2, 0.25) is 0 Å². The van der Waals surface area contributed by atoms with Gasteiger partial charge in [0, 0.05) is 42.5 Å². The van der Waals surface area contributed by atoms with Gasteiger partial charge in [0.15, 0.2) is 17.5 Å². The number of pyridine rings is 1. The number of nitrogens with zero attached hydrogens (tertiary/aromatic N) is 2. The fraction of sp³-hybridized carbons (Fsp3) is 0.263. The Morgan fingerprint density at radius 2 is 2.12 bits per heavy atom. The molecule has 3 heterocycles. The molecule has 0 fully saturated rings. The molecule has 0 saturated carbocycles. The number of guanidine groups is 1. The van der Waals surface area contributed by atoms with Gasteiger partial charge in [-0.2, -0.15) is 0 Å². The molecule has 0 saturated heterocycles. The molecule has 0 bridgehead atoms. The van der Waals surface area contributed by atoms with Crippen LogP contribution < -0.4 is 20.5 Å². The third-order valence-electron chi connectivity index (χ3n) is 4.22. The van der Waals surface area contributed by atoms with Crippen molar-refractivity contribution in [2.45, 2.75) is 12.8 Å². The largest absolute Gasteiger partial charge is 0.490 e. The molecule has 2 aromatic heterocycles. The van der Waals surface area contributed by atoms with E-state index in [0.29, 0.717) is 25.7 Å². The van der Waals surface area contributed by atoms with Crippen molar-refractivity contribution in [1.82, 2.24) is 9.97 Å². The molecule has 7 nitrogen and oxygen atoms in total. The first-order chi connectivity index (χ1) is 12.8. The van der Waals surface area contributed by atoms with E-state index in [0.717, 1.165) is 41.1 Å². The van der Waals surface area contributed by atoms with Gasteiger partial charge in [-0.1, -0.05) is 0 Å². The molecule has 4 N–H and O–H groups in total. The molecule has 0 atom stereocenters. The average Bonchev–Trinajstić information content (AvgIpc) is 2.91. The summed E-state index contributed by atoms with van der Waals surface area (Å²) < 4.78 is 11.3. The van der Waals surface area contributed by atoms with Crippen LogP contribution in [0.25, 0.3) is 11.0 Å². The van der Waals surface area contributed by atoms with Crippen molar-refractivity contribution < 1.29 is 9.47 Å². The summed E-state index contributed by atoms with van der Waals surface area (Å²) in [7, 11) is 0. The van der Waals surface area contributed by atoms with E-state index in [1.54, 1.807) is 6.20 Å². The van der Waals surface area contributed by atoms with Crippen LogP contribution in [0.1, 0.15) is 12.0 Å². The van der Waals surface area contributed by atoms with E-state index in [4.69, 9.17) is 15.2 Å². The van der Waals surface area contributed by atoms with Gasteiger partial charge in [-0.25, -0.2) is 4.98 Å². The third-order valence-corrected chi connectivity index (χ3v) is 4.22. The Labute approximate surface area is 151 Å². The highest BCUT2D eigenvalue weighted by Crippen LogP contribution is 2.32. The topological polar surface area (TPSA) is 97.6 Å². The molecule has 1 aliphatic rings. The Balaban J connectivity index is 1.38. The molecule has 0 aliphatic carbocycles. The first kappa shape index (κ1) is 16.3. The second kappa shape index (κ2) is 7.35. The minimum atomic E-state index is 0.373. The molecule has 4 rings (SSSR count). The second-order valence-electron chi connectivity index (χ2n) is 6.07. The van der Waals surface area contributed by atoms with Crippen molar-refractivity contribution in [3.05, 3.63) is 48.3 Å². The predicted octanol–water partition coefficient (Wildman–Crippen LogP) is 2.69. The Kier molecular flexibility index (Phi) is 4.59. The van der Waals surface area contributed by atoms with Crippen LogP contribution in [0.4, 0.5) is 5.69 Å². The van der Waals surface area contributed by atoms with Gasteiger partial charge in [0.1, 0.15) is 5.65 Å². The number of aromatic amines is 1. The van der Waals surface area contributed by atoms with Crippen molar-refractivity contribution in [3.8, 4) is 11.5 Å². The van der Waals surface area contributed by atoms with Crippen LogP contribution in [0, 0.1) is 0 Å². The summed E-state index contributed by atoms with van der Waals surface area (Å²) in [4.78, 5) is 11.9. The molecule has 7 heteroatoms. The summed E-state index contributed by atoms with van der Waals surface area (Å²) in [6.45, 7) is 1.91. The maximum absolute atomic E-state index is 6.01. The van der Waals surface area contributed by atoms with Gasteiger partial charge in [-0.15, -0.1) is 0 Å². The lowest BCUT2D eigenvalue weighted by Crippen LogP contribution is -2.23. The second-order valence-corrected chi connectivity index (χ2v) is 6.07. The smallest absolute Gasteiger partial charge is 0.193 e. The van der Waals surface area contributed by atoms with Crippen LogP contribution in [-0.4, -0.2) is 35.7 Å². The minimum absolute atomic E-state index is 0.373. The van der Waals surface area contributed by atoms with Crippen molar-refractivity contribution in [3.63, 3.8) is 0 Å². The monoisotopic (exact) mass is 351 g/mol. The molecule has 134 valence electrons. The molecule has 1 aliphatic heterocycles. The van der Waals surface area contributed by atoms with Crippen LogP contribution in [0.3, 0.4) is 0 Å². The summed E-state index contributed by atoms with van der Waals surface area (Å²) in [5.74, 6) is 1.86. The fourth-order valence-electron chi connectivity index (χ4n) is 2.94. The number of hydrogen-bond acceptors (Lipinski definition) is 4. The van der Waals surface area contributed by atoms with Crippen LogP contribution >= 0.6 is 0 Å². The number of anilines is 1. The van der Waals surface area contributed by atoms with Gasteiger partial charge in [-0.05, 0) is 36.2 Å². The number of aromatic nitrogens is 2. The lowest BCUT2D eigenvalue weighted by Gasteiger charge is -2.10. The molecule has 26 heavy (non-hydrogen) atoms. The molecule has 0 spiro atoms. The molecular formula is C19H21N5O2. The molecule has 1 aromatic carbocycles. The van der Waals surface area contributed by atoms with Crippen LogP contribution in [-0.2, 0) is 6.42 Å². The van der Waals surface area contributed by atoms with Gasteiger partial charge in [0.2, 0.25) is 0 Å². The number of fused-ring (bicyclic) bond motifs is 2. The maximum atomic E-state index is 6.01. The van der Waals surface area contributed by atoms with Crippen molar-refractivity contribution in [2.75, 3.05) is 25.1 Å². The Morgan fingerprint density at radius 1 is 1.23 bits per heavy atom. The molecular weight excluding hydrogens is 330 g/mol. The minimum Gasteiger partial charge on any atom is -0.490 e. The SMILES string of the molecule is NC(=NCCc1c[nH]c2ncccc12)Nc1ccc2c(c1)OCCCO2. The predicted molar refractivity (Wildman–Crippen MR) is 102 cm³/mol. The van der Waals surface area contributed by atoms with Gasteiger partial charge < -0.3 is 25.5 Å². The summed E-state index contributed by atoms with van der Waals surface area (Å²) >= 11 is 0. The molecule has 0 amide bonds. The third kappa shape index (κ3) is 3.56. The Bertz CT molecular complexity index is 935. The standard InChI is InChI=1S/C19H21N5O2/c20-19(22-8-6-13-12-23-18-15(13)3-1-7-21-18)24-14-4-5-16-17(11-14)26-10-2-9-25-16/h1,3-5,7,11-12H,2,6,8-10H2,(H,21,23)(H3,20,22,24). The maximum Gasteiger partial charge on any atom is 0.193 e. The number of ether oxygens (including phenoxy) is 2. The number of nitrogens with one attached hydrogen (secondary N) is 2. The number of hydrogen-bond donors (Lipinski definition) is 3. The summed E-state index contributed by atoms with van der Waals surface area (Å²) in [5, 5.41) is 4.22. The average molecular weight is 351 g/mol. The van der Waals surface area contributed by atoms with E-state index in [1.165, 1.54) is 5.56 Å². The van der Waals surface area contributed by atoms with Crippen molar-refractivity contribution in [2.24, 2.45) is 10.7 Å². The summed E-state index contributed by atoms with van der Waals surface area (Å²) in [6, 6.07) is 9.66. The fourth-order valence-corrected chi connectivity index (χ4v) is 2.94. The molecule has 0 unspecified atom stereocenters. The van der Waals surface area contributed by atoms with Crippen LogP contribution in [0.15, 0.2) is 47.7 Å². The first-order valence-corrected chi connectivity index (χ1v) is 8.67. The Morgan fingerprint density at radius 3 is 3.04 bits per heavy atom. The van der Waals surface area contributed by atoms with E-state index in [9.17, 15) is 0 Å². The number of aliphatic imine (C=N–C) groups is 1. The number of benzene rings is 1. The van der Waals surface area contributed by atoms with E-state index < -0.39 is 0 Å². The zero-order valence-corrected chi connectivity index (χ0v) is 14.4. The van der Waals surface area contributed by atoms with Gasteiger partial charge in [-0.3, -0.25) is 4.99 Å². The Hall–Kier alpha value is -3.22. The van der Waals surface area contributed by atoms with Crippen molar-refractivity contribution in [1.29, 1.82) is 0 Å². The number of H-pyrrole nitrogens is 1. The highest BCUT2D eigenvalue weighted by Gasteiger charge is 2.11. The lowest BCUT2D eigenvalue weighted by molar-refractivity contribution is 0.297. The normalized spacial score (nSPS) is 14.2. The van der Waals surface area contributed by atoms with Gasteiger partial charge >= 0.3 is 0 Å². The van der Waals surface area contributed by atoms with E-state index in [2.05, 4.69) is 26.3 Å². The zero-order valence-electron chi connectivity index (χ0n) is 14.4. The zero-order chi connectivity index (χ0) is 17.8. The highest BCUT2D eigenvalue weighted by molar-refractivity contribution is 5.92. The molecule has 0 radical (unpaired) electrons. The van der Waals surface area contributed by atoms with Gasteiger partial charge in [0.05, 0.1) is 13.2 Å². The number of nitrogens with two attached hydrogens (primary N) is 1. The summed E-state index contributed by atoms with van der Waals surface area (Å²) in [6.07, 6.45) is 5.41. The van der Waals surface area contributed by atoms with E-state index in [1.807, 2.05) is 30.5 Å². The number of rotatable bonds is 4. The van der Waals surface area contributed by atoms with E-state index in [-0.39, 0.29) is 0 Å². The van der Waals surface area contributed by atoms with Crippen LogP contribution in [0.5, 0.6) is 11.5 Å². The lowest BCUT2D eigenvalue weighted by atomic mass is 10.1. The highest BCUT2D eigenvalue weighted by atomic mass is 16.5. The van der Waals surface area contributed by atoms with Crippen molar-refractivity contribution >= 4 is 22.7 Å². The first-order valence-electron chi connectivity index (χ1n) is 8.67. The summed E-state index contributed by atoms with van der Waals surface area (Å²) in [5.41, 5.74) is 8.91. The van der Waals surface area contributed by atoms with Gasteiger partial charge in [0.25, 0.3) is 0 Å². The van der Waals surface area contributed by atoms with E-state index >= 15 is 0 Å². The molecule has 3 aromatic rings.